The molecule has 1 rings (SSSR count). The van der Waals surface area contributed by atoms with E-state index < -0.39 is 6.03 Å². The highest BCUT2D eigenvalue weighted by atomic mass is 16.2. The number of carbonyl (C=O) groups is 2. The van der Waals surface area contributed by atoms with Crippen LogP contribution in [0.2, 0.25) is 0 Å². The van der Waals surface area contributed by atoms with Crippen molar-refractivity contribution in [1.82, 2.24) is 10.6 Å². The molecule has 1 saturated carbocycles. The van der Waals surface area contributed by atoms with Crippen LogP contribution in [0.15, 0.2) is 0 Å². The SMILES string of the molecule is CCC1CCCCC1NC(C)C(=O)NC(N)=O. The van der Waals surface area contributed by atoms with Gasteiger partial charge in [-0.2, -0.15) is 0 Å². The summed E-state index contributed by atoms with van der Waals surface area (Å²) >= 11 is 0. The maximum atomic E-state index is 11.5. The lowest BCUT2D eigenvalue weighted by molar-refractivity contribution is -0.122. The molecule has 5 heteroatoms. The highest BCUT2D eigenvalue weighted by Gasteiger charge is 2.26. The summed E-state index contributed by atoms with van der Waals surface area (Å²) in [6.45, 7) is 3.94. The molecule has 0 spiro atoms. The molecule has 98 valence electrons. The molecule has 0 bridgehead atoms. The molecule has 0 aromatic rings. The average molecular weight is 241 g/mol. The Hall–Kier alpha value is -1.10. The summed E-state index contributed by atoms with van der Waals surface area (Å²) in [5, 5.41) is 5.41. The topological polar surface area (TPSA) is 84.2 Å². The van der Waals surface area contributed by atoms with E-state index in [1.165, 1.54) is 19.3 Å². The van der Waals surface area contributed by atoms with Crippen LogP contribution in [-0.2, 0) is 4.79 Å². The molecular formula is C12H23N3O2. The summed E-state index contributed by atoms with van der Waals surface area (Å²) < 4.78 is 0. The van der Waals surface area contributed by atoms with E-state index in [1.807, 2.05) is 0 Å². The van der Waals surface area contributed by atoms with Crippen LogP contribution in [0.1, 0.15) is 46.0 Å². The number of nitrogens with one attached hydrogen (secondary N) is 2. The zero-order valence-electron chi connectivity index (χ0n) is 10.7. The number of nitrogens with two attached hydrogens (primary N) is 1. The van der Waals surface area contributed by atoms with Crippen LogP contribution in [0.5, 0.6) is 0 Å². The lowest BCUT2D eigenvalue weighted by atomic mass is 9.82. The fourth-order valence-corrected chi connectivity index (χ4v) is 2.54. The van der Waals surface area contributed by atoms with Crippen LogP contribution in [0.4, 0.5) is 4.79 Å². The summed E-state index contributed by atoms with van der Waals surface area (Å²) in [6, 6.07) is -0.790. The number of hydrogen-bond donors (Lipinski definition) is 3. The molecule has 1 fully saturated rings. The molecule has 1 aliphatic carbocycles. The molecule has 17 heavy (non-hydrogen) atoms. The lowest BCUT2D eigenvalue weighted by Gasteiger charge is -2.33. The second-order valence-corrected chi connectivity index (χ2v) is 4.80. The molecule has 4 N–H and O–H groups in total. The van der Waals surface area contributed by atoms with Crippen LogP contribution in [0.25, 0.3) is 0 Å². The quantitative estimate of drug-likeness (QED) is 0.689. The third-order valence-electron chi connectivity index (χ3n) is 3.54. The van der Waals surface area contributed by atoms with Crippen LogP contribution >= 0.6 is 0 Å². The summed E-state index contributed by atoms with van der Waals surface area (Å²) in [6.07, 6.45) is 5.93. The van der Waals surface area contributed by atoms with E-state index in [1.54, 1.807) is 6.92 Å². The molecule has 3 amide bonds. The van der Waals surface area contributed by atoms with Crippen LogP contribution in [0.3, 0.4) is 0 Å². The highest BCUT2D eigenvalue weighted by Crippen LogP contribution is 2.26. The van der Waals surface area contributed by atoms with Gasteiger partial charge in [0, 0.05) is 6.04 Å². The van der Waals surface area contributed by atoms with Crippen molar-refractivity contribution < 1.29 is 9.59 Å². The fraction of sp³-hybridized carbons (Fsp3) is 0.833. The number of carbonyl (C=O) groups excluding carboxylic acids is 2. The van der Waals surface area contributed by atoms with Gasteiger partial charge < -0.3 is 11.1 Å². The predicted molar refractivity (Wildman–Crippen MR) is 66.4 cm³/mol. The first-order valence-electron chi connectivity index (χ1n) is 6.41. The Labute approximate surface area is 103 Å². The molecule has 3 atom stereocenters. The van der Waals surface area contributed by atoms with E-state index in [9.17, 15) is 9.59 Å². The molecule has 3 unspecified atom stereocenters. The largest absolute Gasteiger partial charge is 0.351 e. The van der Waals surface area contributed by atoms with E-state index in [4.69, 9.17) is 5.73 Å². The second-order valence-electron chi connectivity index (χ2n) is 4.80. The average Bonchev–Trinajstić information content (AvgIpc) is 2.28. The molecule has 1 aliphatic rings. The standard InChI is InChI=1S/C12H23N3O2/c1-3-9-6-4-5-7-10(9)14-8(2)11(16)15-12(13)17/h8-10,14H,3-7H2,1-2H3,(H3,13,15,16,17). The Kier molecular flexibility index (Phi) is 5.41. The van der Waals surface area contributed by atoms with Crippen LogP contribution in [-0.4, -0.2) is 24.0 Å². The van der Waals surface area contributed by atoms with Gasteiger partial charge in [0.05, 0.1) is 6.04 Å². The molecular weight excluding hydrogens is 218 g/mol. The molecule has 0 aromatic carbocycles. The highest BCUT2D eigenvalue weighted by molar-refractivity contribution is 5.96. The van der Waals surface area contributed by atoms with Gasteiger partial charge in [0.15, 0.2) is 0 Å². The second kappa shape index (κ2) is 6.59. The summed E-state index contributed by atoms with van der Waals surface area (Å²) in [4.78, 5) is 22.1. The molecule has 0 aliphatic heterocycles. The van der Waals surface area contributed by atoms with E-state index in [-0.39, 0.29) is 11.9 Å². The van der Waals surface area contributed by atoms with Crippen molar-refractivity contribution in [1.29, 1.82) is 0 Å². The number of urea groups is 1. The van der Waals surface area contributed by atoms with Crippen molar-refractivity contribution >= 4 is 11.9 Å². The van der Waals surface area contributed by atoms with E-state index in [0.29, 0.717) is 12.0 Å². The van der Waals surface area contributed by atoms with E-state index in [2.05, 4.69) is 17.6 Å². The van der Waals surface area contributed by atoms with Gasteiger partial charge in [0.25, 0.3) is 0 Å². The number of imide groups is 1. The zero-order valence-corrected chi connectivity index (χ0v) is 10.7. The van der Waals surface area contributed by atoms with E-state index in [0.717, 1.165) is 12.8 Å². The Bertz CT molecular complexity index is 281. The van der Waals surface area contributed by atoms with Crippen molar-refractivity contribution in [3.8, 4) is 0 Å². The third-order valence-corrected chi connectivity index (χ3v) is 3.54. The minimum Gasteiger partial charge on any atom is -0.351 e. The minimum absolute atomic E-state index is 0.349. The summed E-state index contributed by atoms with van der Waals surface area (Å²) in [5.41, 5.74) is 4.92. The van der Waals surface area contributed by atoms with Gasteiger partial charge >= 0.3 is 6.03 Å². The lowest BCUT2D eigenvalue weighted by Crippen LogP contribution is -2.51. The molecule has 5 nitrogen and oxygen atoms in total. The molecule has 0 radical (unpaired) electrons. The van der Waals surface area contributed by atoms with Crippen molar-refractivity contribution in [2.75, 3.05) is 0 Å². The van der Waals surface area contributed by atoms with Gasteiger partial charge in [0.1, 0.15) is 0 Å². The zero-order chi connectivity index (χ0) is 12.8. The number of primary amides is 1. The van der Waals surface area contributed by atoms with Gasteiger partial charge in [-0.05, 0) is 25.7 Å². The van der Waals surface area contributed by atoms with Crippen LogP contribution < -0.4 is 16.4 Å². The van der Waals surface area contributed by atoms with Crippen molar-refractivity contribution in [3.63, 3.8) is 0 Å². The number of amides is 3. The first-order chi connectivity index (χ1) is 8.04. The summed E-state index contributed by atoms with van der Waals surface area (Å²) in [5.74, 6) is 0.283. The molecule has 0 heterocycles. The Morgan fingerprint density at radius 1 is 1.35 bits per heavy atom. The van der Waals surface area contributed by atoms with Gasteiger partial charge in [-0.1, -0.05) is 26.2 Å². The summed E-state index contributed by atoms with van der Waals surface area (Å²) in [7, 11) is 0. The Balaban J connectivity index is 2.45. The van der Waals surface area contributed by atoms with Gasteiger partial charge in [-0.15, -0.1) is 0 Å². The predicted octanol–water partition coefficient (Wildman–Crippen LogP) is 1.13. The van der Waals surface area contributed by atoms with Crippen molar-refractivity contribution in [2.24, 2.45) is 11.7 Å². The maximum Gasteiger partial charge on any atom is 0.318 e. The van der Waals surface area contributed by atoms with E-state index >= 15 is 0 Å². The fourth-order valence-electron chi connectivity index (χ4n) is 2.54. The monoisotopic (exact) mass is 241 g/mol. The Morgan fingerprint density at radius 2 is 2.00 bits per heavy atom. The van der Waals surface area contributed by atoms with Gasteiger partial charge in [-0.25, -0.2) is 4.79 Å². The van der Waals surface area contributed by atoms with Crippen molar-refractivity contribution in [2.45, 2.75) is 58.0 Å². The van der Waals surface area contributed by atoms with Gasteiger partial charge in [0.2, 0.25) is 5.91 Å². The molecule has 0 saturated heterocycles. The first-order valence-corrected chi connectivity index (χ1v) is 6.41. The third kappa shape index (κ3) is 4.34. The smallest absolute Gasteiger partial charge is 0.318 e. The first kappa shape index (κ1) is 14.0. The number of rotatable bonds is 4. The normalized spacial score (nSPS) is 26.2. The minimum atomic E-state index is -0.792. The van der Waals surface area contributed by atoms with Crippen LogP contribution in [0, 0.1) is 5.92 Å². The van der Waals surface area contributed by atoms with Crippen molar-refractivity contribution in [3.05, 3.63) is 0 Å². The number of hydrogen-bond acceptors (Lipinski definition) is 3. The van der Waals surface area contributed by atoms with Gasteiger partial charge in [-0.3, -0.25) is 10.1 Å². The Morgan fingerprint density at radius 3 is 2.59 bits per heavy atom. The molecule has 0 aromatic heterocycles. The maximum absolute atomic E-state index is 11.5.